The fraction of sp³-hybridized carbons (Fsp3) is 0.0303. The maximum Gasteiger partial charge on any atom is 0.0494 e. The van der Waals surface area contributed by atoms with Crippen molar-refractivity contribution in [3.8, 4) is 0 Å². The molecular weight excluding hydrogens is 438 g/mol. The van der Waals surface area contributed by atoms with E-state index >= 15 is 0 Å². The van der Waals surface area contributed by atoms with Gasteiger partial charge in [-0.2, -0.15) is 0 Å². The number of nitrogens with zero attached hydrogens (tertiary/aromatic N) is 3. The molecule has 0 fully saturated rings. The van der Waals surface area contributed by atoms with Crippen molar-refractivity contribution in [2.75, 3.05) is 0 Å². The van der Waals surface area contributed by atoms with E-state index in [1.807, 2.05) is 49.1 Å². The molecule has 3 heterocycles. The fourth-order valence-corrected chi connectivity index (χ4v) is 4.62. The fourth-order valence-electron chi connectivity index (χ4n) is 4.62. The van der Waals surface area contributed by atoms with Crippen LogP contribution in [0.5, 0.6) is 0 Å². The van der Waals surface area contributed by atoms with Gasteiger partial charge in [0.05, 0.1) is 0 Å². The highest BCUT2D eigenvalue weighted by Crippen LogP contribution is 2.32. The van der Waals surface area contributed by atoms with Gasteiger partial charge in [-0.3, -0.25) is 9.97 Å². The first-order chi connectivity index (χ1) is 17.8. The molecule has 6 aromatic rings. The average molecular weight is 464 g/mol. The zero-order valence-corrected chi connectivity index (χ0v) is 19.8. The number of pyridine rings is 2. The van der Waals surface area contributed by atoms with E-state index in [2.05, 4.69) is 106 Å². The van der Waals surface area contributed by atoms with Crippen molar-refractivity contribution in [3.05, 3.63) is 144 Å². The topological polar surface area (TPSA) is 30.7 Å². The van der Waals surface area contributed by atoms with Crippen LogP contribution in [0.4, 0.5) is 0 Å². The van der Waals surface area contributed by atoms with Gasteiger partial charge in [-0.15, -0.1) is 0 Å². The first-order valence-electron chi connectivity index (χ1n) is 12.1. The van der Waals surface area contributed by atoms with Crippen LogP contribution in [0.3, 0.4) is 0 Å². The highest BCUT2D eigenvalue weighted by Gasteiger charge is 2.12. The van der Waals surface area contributed by atoms with Gasteiger partial charge in [-0.1, -0.05) is 66.8 Å². The molecule has 0 saturated carbocycles. The molecule has 0 radical (unpaired) electrons. The lowest BCUT2D eigenvalue weighted by atomic mass is 10.1. The average Bonchev–Trinajstić information content (AvgIpc) is 3.24. The minimum Gasteiger partial charge on any atom is -0.336 e. The Morgan fingerprint density at radius 3 is 1.47 bits per heavy atom. The van der Waals surface area contributed by atoms with E-state index in [0.29, 0.717) is 0 Å². The second-order valence-corrected chi connectivity index (χ2v) is 8.85. The summed E-state index contributed by atoms with van der Waals surface area (Å²) in [7, 11) is 0. The lowest BCUT2D eigenvalue weighted by molar-refractivity contribution is 0.869. The molecule has 0 aliphatic heterocycles. The quantitative estimate of drug-likeness (QED) is 0.251. The Morgan fingerprint density at radius 2 is 0.972 bits per heavy atom. The van der Waals surface area contributed by atoms with Crippen LogP contribution in [0.15, 0.2) is 116 Å². The molecule has 0 unspecified atom stereocenters. The van der Waals surface area contributed by atoms with E-state index in [-0.39, 0.29) is 0 Å². The van der Waals surface area contributed by atoms with Gasteiger partial charge >= 0.3 is 0 Å². The van der Waals surface area contributed by atoms with Crippen LogP contribution in [0.1, 0.15) is 27.8 Å². The van der Waals surface area contributed by atoms with Crippen molar-refractivity contribution in [3.63, 3.8) is 0 Å². The van der Waals surface area contributed by atoms with Crippen LogP contribution in [-0.2, 0) is 6.54 Å². The Kier molecular flexibility index (Phi) is 5.95. The molecule has 3 aromatic carbocycles. The molecule has 0 atom stereocenters. The van der Waals surface area contributed by atoms with Crippen molar-refractivity contribution >= 4 is 46.1 Å². The van der Waals surface area contributed by atoms with E-state index in [4.69, 9.17) is 0 Å². The second kappa shape index (κ2) is 9.85. The summed E-state index contributed by atoms with van der Waals surface area (Å²) >= 11 is 0. The van der Waals surface area contributed by atoms with Gasteiger partial charge < -0.3 is 4.57 Å². The summed E-state index contributed by atoms with van der Waals surface area (Å²) in [4.78, 5) is 8.22. The Bertz CT molecular complexity index is 1570. The summed E-state index contributed by atoms with van der Waals surface area (Å²) in [6.45, 7) is 0.833. The van der Waals surface area contributed by atoms with Crippen LogP contribution in [-0.4, -0.2) is 14.5 Å². The first-order valence-corrected chi connectivity index (χ1v) is 12.1. The molecule has 0 saturated heterocycles. The zero-order chi connectivity index (χ0) is 24.2. The third kappa shape index (κ3) is 4.59. The predicted molar refractivity (Wildman–Crippen MR) is 151 cm³/mol. The molecule has 3 heteroatoms. The maximum absolute atomic E-state index is 4.11. The van der Waals surface area contributed by atoms with E-state index in [9.17, 15) is 0 Å². The van der Waals surface area contributed by atoms with Gasteiger partial charge in [0, 0.05) is 53.1 Å². The van der Waals surface area contributed by atoms with Gasteiger partial charge in [0.15, 0.2) is 0 Å². The standard InChI is InChI=1S/C33H25N3/c1-2-4-29(5-3-1)24-36-32-12-10-27(8-6-25-14-18-34-19-15-25)22-30(32)31-23-28(11-13-33(31)36)9-7-26-16-20-35-21-17-26/h1-23H,24H2. The molecule has 3 aromatic heterocycles. The monoisotopic (exact) mass is 463 g/mol. The van der Waals surface area contributed by atoms with Gasteiger partial charge in [0.25, 0.3) is 0 Å². The molecule has 0 N–H and O–H groups in total. The summed E-state index contributed by atoms with van der Waals surface area (Å²) in [5, 5.41) is 2.52. The molecule has 0 aliphatic carbocycles. The van der Waals surface area contributed by atoms with Gasteiger partial charge in [0.1, 0.15) is 0 Å². The van der Waals surface area contributed by atoms with E-state index in [0.717, 1.165) is 17.7 Å². The number of rotatable bonds is 6. The minimum atomic E-state index is 0.833. The van der Waals surface area contributed by atoms with E-state index < -0.39 is 0 Å². The molecular formula is C33H25N3. The van der Waals surface area contributed by atoms with Crippen LogP contribution < -0.4 is 0 Å². The summed E-state index contributed by atoms with van der Waals surface area (Å²) in [6, 6.07) is 32.2. The largest absolute Gasteiger partial charge is 0.336 e. The Labute approximate surface area is 210 Å². The minimum absolute atomic E-state index is 0.833. The maximum atomic E-state index is 4.11. The van der Waals surface area contributed by atoms with Crippen LogP contribution in [0.25, 0.3) is 46.1 Å². The van der Waals surface area contributed by atoms with E-state index in [1.54, 1.807) is 0 Å². The lowest BCUT2D eigenvalue weighted by Gasteiger charge is -2.08. The van der Waals surface area contributed by atoms with Gasteiger partial charge in [-0.05, 0) is 76.3 Å². The molecule has 6 rings (SSSR count). The number of benzene rings is 3. The van der Waals surface area contributed by atoms with Gasteiger partial charge in [-0.25, -0.2) is 0 Å². The predicted octanol–water partition coefficient (Wildman–Crippen LogP) is 7.97. The molecule has 0 aliphatic rings. The summed E-state index contributed by atoms with van der Waals surface area (Å²) in [5.41, 5.74) is 8.40. The Hall–Kier alpha value is -4.76. The van der Waals surface area contributed by atoms with E-state index in [1.165, 1.54) is 38.5 Å². The van der Waals surface area contributed by atoms with Crippen molar-refractivity contribution in [2.24, 2.45) is 0 Å². The Morgan fingerprint density at radius 1 is 0.500 bits per heavy atom. The highest BCUT2D eigenvalue weighted by molar-refractivity contribution is 6.09. The lowest BCUT2D eigenvalue weighted by Crippen LogP contribution is -1.99. The summed E-state index contributed by atoms with van der Waals surface area (Å²) in [6.07, 6.45) is 15.9. The Balaban J connectivity index is 1.46. The number of aromatic nitrogens is 3. The zero-order valence-electron chi connectivity index (χ0n) is 19.8. The van der Waals surface area contributed by atoms with Crippen molar-refractivity contribution < 1.29 is 0 Å². The first kappa shape index (κ1) is 21.8. The van der Waals surface area contributed by atoms with Crippen molar-refractivity contribution in [1.29, 1.82) is 0 Å². The number of hydrogen-bond acceptors (Lipinski definition) is 2. The van der Waals surface area contributed by atoms with Crippen molar-refractivity contribution in [2.45, 2.75) is 6.54 Å². The van der Waals surface area contributed by atoms with Crippen LogP contribution in [0.2, 0.25) is 0 Å². The van der Waals surface area contributed by atoms with Crippen LogP contribution in [0, 0.1) is 0 Å². The third-order valence-electron chi connectivity index (χ3n) is 6.45. The molecule has 0 bridgehead atoms. The third-order valence-corrected chi connectivity index (χ3v) is 6.45. The van der Waals surface area contributed by atoms with Gasteiger partial charge in [0.2, 0.25) is 0 Å². The summed E-state index contributed by atoms with van der Waals surface area (Å²) < 4.78 is 2.42. The highest BCUT2D eigenvalue weighted by atomic mass is 15.0. The number of hydrogen-bond donors (Lipinski definition) is 0. The van der Waals surface area contributed by atoms with Crippen LogP contribution >= 0.6 is 0 Å². The molecule has 172 valence electrons. The second-order valence-electron chi connectivity index (χ2n) is 8.85. The normalized spacial score (nSPS) is 11.8. The molecule has 0 spiro atoms. The smallest absolute Gasteiger partial charge is 0.0494 e. The molecule has 0 amide bonds. The molecule has 3 nitrogen and oxygen atoms in total. The SMILES string of the molecule is C(=Cc1ccc2c(c1)c1cc(C=Cc3ccncc3)ccc1n2Cc1ccccc1)c1ccncc1. The molecule has 36 heavy (non-hydrogen) atoms. The number of fused-ring (bicyclic) bond motifs is 3. The van der Waals surface area contributed by atoms with Crippen molar-refractivity contribution in [1.82, 2.24) is 14.5 Å². The summed E-state index contributed by atoms with van der Waals surface area (Å²) in [5.74, 6) is 0.